The molecule has 82 valence electrons. The van der Waals surface area contributed by atoms with E-state index in [9.17, 15) is 5.11 Å². The van der Waals surface area contributed by atoms with Crippen molar-refractivity contribution in [3.63, 3.8) is 0 Å². The van der Waals surface area contributed by atoms with Crippen LogP contribution in [-0.4, -0.2) is 10.7 Å². The second-order valence-electron chi connectivity index (χ2n) is 4.56. The van der Waals surface area contributed by atoms with Crippen LogP contribution in [0.2, 0.25) is 0 Å². The van der Waals surface area contributed by atoms with Crippen LogP contribution in [0.1, 0.15) is 64.7 Å². The lowest BCUT2D eigenvalue weighted by Gasteiger charge is -2.27. The van der Waals surface area contributed by atoms with Crippen LogP contribution in [0.4, 0.5) is 0 Å². The van der Waals surface area contributed by atoms with E-state index in [-0.39, 0.29) is 0 Å². The number of unbranched alkanes of at least 4 members (excludes halogenated alkanes) is 4. The predicted molar refractivity (Wildman–Crippen MR) is 61.3 cm³/mol. The highest BCUT2D eigenvalue weighted by Crippen LogP contribution is 2.27. The van der Waals surface area contributed by atoms with E-state index in [1.165, 1.54) is 32.1 Å². The molecule has 14 heavy (non-hydrogen) atoms. The molecule has 0 aromatic heterocycles. The molecule has 0 aromatic rings. The maximum Gasteiger partial charge on any atom is 0.0827 e. The fraction of sp³-hybridized carbons (Fsp3) is 0.846. The zero-order valence-corrected chi connectivity index (χ0v) is 9.47. The first kappa shape index (κ1) is 11.8. The third-order valence-corrected chi connectivity index (χ3v) is 3.12. The fourth-order valence-corrected chi connectivity index (χ4v) is 2.16. The van der Waals surface area contributed by atoms with Gasteiger partial charge in [-0.1, -0.05) is 51.2 Å². The third kappa shape index (κ3) is 4.28. The molecule has 0 amide bonds. The average molecular weight is 196 g/mol. The molecule has 1 unspecified atom stereocenters. The summed E-state index contributed by atoms with van der Waals surface area (Å²) >= 11 is 0. The van der Waals surface area contributed by atoms with Gasteiger partial charge < -0.3 is 5.11 Å². The van der Waals surface area contributed by atoms with Gasteiger partial charge in [0, 0.05) is 0 Å². The van der Waals surface area contributed by atoms with Crippen molar-refractivity contribution in [3.8, 4) is 0 Å². The van der Waals surface area contributed by atoms with Crippen LogP contribution in [0, 0.1) is 0 Å². The summed E-state index contributed by atoms with van der Waals surface area (Å²) in [7, 11) is 0. The molecule has 1 heteroatoms. The topological polar surface area (TPSA) is 20.2 Å². The van der Waals surface area contributed by atoms with Crippen molar-refractivity contribution in [1.82, 2.24) is 0 Å². The van der Waals surface area contributed by atoms with Gasteiger partial charge in [0.1, 0.15) is 0 Å². The molecule has 1 atom stereocenters. The Kier molecular flexibility index (Phi) is 5.24. The second kappa shape index (κ2) is 6.23. The smallest absolute Gasteiger partial charge is 0.0827 e. The lowest BCUT2D eigenvalue weighted by Crippen LogP contribution is -2.27. The summed E-state index contributed by atoms with van der Waals surface area (Å²) in [4.78, 5) is 0. The number of hydrogen-bond donors (Lipinski definition) is 1. The van der Waals surface area contributed by atoms with Gasteiger partial charge in [-0.25, -0.2) is 0 Å². The molecule has 1 aliphatic carbocycles. The highest BCUT2D eigenvalue weighted by atomic mass is 16.3. The summed E-state index contributed by atoms with van der Waals surface area (Å²) in [5.74, 6) is 0. The molecule has 0 radical (unpaired) electrons. The Bertz CT molecular complexity index is 174. The van der Waals surface area contributed by atoms with Crippen molar-refractivity contribution < 1.29 is 5.11 Å². The van der Waals surface area contributed by atoms with Crippen molar-refractivity contribution in [3.05, 3.63) is 12.2 Å². The molecule has 1 nitrogen and oxygen atoms in total. The molecule has 0 heterocycles. The van der Waals surface area contributed by atoms with Crippen LogP contribution in [0.15, 0.2) is 12.2 Å². The van der Waals surface area contributed by atoms with E-state index in [0.717, 1.165) is 25.7 Å². The molecule has 1 N–H and O–H groups in total. The Morgan fingerprint density at radius 3 is 2.64 bits per heavy atom. The number of hydrogen-bond acceptors (Lipinski definition) is 1. The van der Waals surface area contributed by atoms with E-state index in [1.54, 1.807) is 0 Å². The van der Waals surface area contributed by atoms with Gasteiger partial charge in [-0.3, -0.25) is 0 Å². The van der Waals surface area contributed by atoms with Gasteiger partial charge in [-0.2, -0.15) is 0 Å². The van der Waals surface area contributed by atoms with Gasteiger partial charge in [-0.05, 0) is 25.7 Å². The summed E-state index contributed by atoms with van der Waals surface area (Å²) in [5, 5.41) is 10.1. The van der Waals surface area contributed by atoms with Crippen LogP contribution >= 0.6 is 0 Å². The van der Waals surface area contributed by atoms with Gasteiger partial charge in [0.15, 0.2) is 0 Å². The standard InChI is InChI=1S/C13H24O/c1-2-3-4-5-7-10-13(14)11-8-6-9-12-13/h8,11,14H,2-7,9-10,12H2,1H3. The quantitative estimate of drug-likeness (QED) is 0.506. The minimum atomic E-state index is -0.454. The predicted octanol–water partition coefficient (Wildman–Crippen LogP) is 3.82. The van der Waals surface area contributed by atoms with Crippen LogP contribution in [0.5, 0.6) is 0 Å². The molecule has 0 fully saturated rings. The van der Waals surface area contributed by atoms with E-state index in [1.807, 2.05) is 6.08 Å². The maximum absolute atomic E-state index is 10.1. The van der Waals surface area contributed by atoms with E-state index in [2.05, 4.69) is 13.0 Å². The van der Waals surface area contributed by atoms with Crippen LogP contribution in [-0.2, 0) is 0 Å². The molecule has 0 aliphatic heterocycles. The molecule has 0 aromatic carbocycles. The number of rotatable bonds is 6. The highest BCUT2D eigenvalue weighted by molar-refractivity contribution is 5.04. The Hall–Kier alpha value is -0.300. The minimum Gasteiger partial charge on any atom is -0.386 e. The zero-order chi connectivity index (χ0) is 10.3. The largest absolute Gasteiger partial charge is 0.386 e. The van der Waals surface area contributed by atoms with Crippen LogP contribution < -0.4 is 0 Å². The van der Waals surface area contributed by atoms with Gasteiger partial charge in [0.2, 0.25) is 0 Å². The minimum absolute atomic E-state index is 0.454. The molecule has 0 saturated heterocycles. The third-order valence-electron chi connectivity index (χ3n) is 3.12. The van der Waals surface area contributed by atoms with Crippen molar-refractivity contribution in [1.29, 1.82) is 0 Å². The Morgan fingerprint density at radius 1 is 1.21 bits per heavy atom. The van der Waals surface area contributed by atoms with Gasteiger partial charge in [0.05, 0.1) is 5.60 Å². The normalized spacial score (nSPS) is 26.7. The zero-order valence-electron chi connectivity index (χ0n) is 9.47. The van der Waals surface area contributed by atoms with Crippen molar-refractivity contribution >= 4 is 0 Å². The average Bonchev–Trinajstić information content (AvgIpc) is 2.18. The summed E-state index contributed by atoms with van der Waals surface area (Å²) in [6.07, 6.45) is 14.8. The molecule has 1 aliphatic rings. The number of allylic oxidation sites excluding steroid dienone is 1. The summed E-state index contributed by atoms with van der Waals surface area (Å²) < 4.78 is 0. The van der Waals surface area contributed by atoms with Gasteiger partial charge in [0.25, 0.3) is 0 Å². The Balaban J connectivity index is 2.10. The van der Waals surface area contributed by atoms with E-state index < -0.39 is 5.60 Å². The molecular weight excluding hydrogens is 172 g/mol. The van der Waals surface area contributed by atoms with E-state index >= 15 is 0 Å². The lowest BCUT2D eigenvalue weighted by molar-refractivity contribution is 0.0628. The fourth-order valence-electron chi connectivity index (χ4n) is 2.16. The summed E-state index contributed by atoms with van der Waals surface area (Å²) in [6, 6.07) is 0. The van der Waals surface area contributed by atoms with Crippen molar-refractivity contribution in [2.24, 2.45) is 0 Å². The lowest BCUT2D eigenvalue weighted by atomic mass is 9.86. The van der Waals surface area contributed by atoms with Gasteiger partial charge >= 0.3 is 0 Å². The van der Waals surface area contributed by atoms with E-state index in [0.29, 0.717) is 0 Å². The van der Waals surface area contributed by atoms with Gasteiger partial charge in [-0.15, -0.1) is 0 Å². The molecule has 0 saturated carbocycles. The number of aliphatic hydroxyl groups is 1. The second-order valence-corrected chi connectivity index (χ2v) is 4.56. The first-order valence-corrected chi connectivity index (χ1v) is 6.17. The molecule has 0 bridgehead atoms. The first-order chi connectivity index (χ1) is 6.77. The maximum atomic E-state index is 10.1. The summed E-state index contributed by atoms with van der Waals surface area (Å²) in [6.45, 7) is 2.23. The Morgan fingerprint density at radius 2 is 2.00 bits per heavy atom. The molecule has 0 spiro atoms. The first-order valence-electron chi connectivity index (χ1n) is 6.17. The van der Waals surface area contributed by atoms with Crippen LogP contribution in [0.25, 0.3) is 0 Å². The van der Waals surface area contributed by atoms with E-state index in [4.69, 9.17) is 0 Å². The monoisotopic (exact) mass is 196 g/mol. The van der Waals surface area contributed by atoms with Crippen LogP contribution in [0.3, 0.4) is 0 Å². The Labute approximate surface area is 88.2 Å². The molecule has 1 rings (SSSR count). The highest BCUT2D eigenvalue weighted by Gasteiger charge is 2.23. The summed E-state index contributed by atoms with van der Waals surface area (Å²) in [5.41, 5.74) is -0.454. The van der Waals surface area contributed by atoms with Crippen molar-refractivity contribution in [2.75, 3.05) is 0 Å². The molecular formula is C13H24O. The van der Waals surface area contributed by atoms with Crippen molar-refractivity contribution in [2.45, 2.75) is 70.3 Å². The SMILES string of the molecule is CCCCCCCC1(O)C=CCCC1.